The Bertz CT molecular complexity index is 1390. The molecule has 3 aromatic carbocycles. The van der Waals surface area contributed by atoms with Crippen LogP contribution in [0.2, 0.25) is 5.02 Å². The summed E-state index contributed by atoms with van der Waals surface area (Å²) in [6.07, 6.45) is 3.05. The van der Waals surface area contributed by atoms with Gasteiger partial charge in [0.15, 0.2) is 0 Å². The van der Waals surface area contributed by atoms with Crippen molar-refractivity contribution in [2.75, 3.05) is 45.2 Å². The van der Waals surface area contributed by atoms with E-state index < -0.39 is 5.91 Å². The molecule has 1 saturated heterocycles. The number of phenols is 1. The zero-order chi connectivity index (χ0) is 29.9. The summed E-state index contributed by atoms with van der Waals surface area (Å²) in [5, 5.41) is 15.7. The summed E-state index contributed by atoms with van der Waals surface area (Å²) in [6.45, 7) is 4.10. The second kappa shape index (κ2) is 15.2. The van der Waals surface area contributed by atoms with E-state index in [4.69, 9.17) is 16.3 Å². The summed E-state index contributed by atoms with van der Waals surface area (Å²) in [5.74, 6) is -0.123. The number of piperazine rings is 1. The summed E-state index contributed by atoms with van der Waals surface area (Å²) in [5.41, 5.74) is 1.70. The van der Waals surface area contributed by atoms with Crippen molar-refractivity contribution >= 4 is 35.0 Å². The molecule has 1 fully saturated rings. The molecule has 0 radical (unpaired) electrons. The lowest BCUT2D eigenvalue weighted by Crippen LogP contribution is -2.47. The molecular weight excluding hydrogens is 556 g/mol. The van der Waals surface area contributed by atoms with Gasteiger partial charge in [-0.05, 0) is 68.3 Å². The van der Waals surface area contributed by atoms with E-state index in [-0.39, 0.29) is 40.3 Å². The zero-order valence-corrected chi connectivity index (χ0v) is 24.5. The number of phenolic OH excluding ortho intramolecular Hbond substituents is 1. The Morgan fingerprint density at radius 3 is 2.38 bits per heavy atom. The van der Waals surface area contributed by atoms with Gasteiger partial charge in [-0.2, -0.15) is 0 Å². The minimum atomic E-state index is -0.415. The van der Waals surface area contributed by atoms with Crippen molar-refractivity contribution in [3.63, 3.8) is 0 Å². The van der Waals surface area contributed by atoms with Gasteiger partial charge < -0.3 is 30.3 Å². The van der Waals surface area contributed by atoms with E-state index >= 15 is 0 Å². The summed E-state index contributed by atoms with van der Waals surface area (Å²) >= 11 is 6.42. The summed E-state index contributed by atoms with van der Waals surface area (Å²) < 4.78 is 5.95. The fourth-order valence-electron chi connectivity index (χ4n) is 4.63. The molecule has 0 unspecified atom stereocenters. The number of nitrogens with one attached hydrogen (secondary N) is 2. The number of anilines is 1. The average molecular weight is 593 g/mol. The predicted molar refractivity (Wildman–Crippen MR) is 163 cm³/mol. The molecule has 3 aromatic rings. The van der Waals surface area contributed by atoms with Gasteiger partial charge >= 0.3 is 0 Å². The van der Waals surface area contributed by atoms with E-state index in [0.29, 0.717) is 30.0 Å². The Morgan fingerprint density at radius 2 is 1.62 bits per heavy atom. The number of aromatic hydroxyl groups is 1. The number of ether oxygens (including phenoxy) is 1. The van der Waals surface area contributed by atoms with Crippen molar-refractivity contribution in [1.29, 1.82) is 0 Å². The number of carbonyl (C=O) groups excluding carboxylic acids is 3. The van der Waals surface area contributed by atoms with Gasteiger partial charge in [0, 0.05) is 39.1 Å². The molecule has 10 heteroatoms. The van der Waals surface area contributed by atoms with Gasteiger partial charge in [-0.15, -0.1) is 0 Å². The first-order chi connectivity index (χ1) is 20.3. The van der Waals surface area contributed by atoms with Gasteiger partial charge in [-0.25, -0.2) is 0 Å². The average Bonchev–Trinajstić information content (AvgIpc) is 2.99. The molecule has 3 N–H and O–H groups in total. The van der Waals surface area contributed by atoms with Gasteiger partial charge in [-0.1, -0.05) is 41.9 Å². The Labute approximate surface area is 251 Å². The smallest absolute Gasteiger partial charge is 0.257 e. The highest BCUT2D eigenvalue weighted by Crippen LogP contribution is 2.26. The number of rotatable bonds is 12. The van der Waals surface area contributed by atoms with Gasteiger partial charge in [-0.3, -0.25) is 14.4 Å². The minimum absolute atomic E-state index is 0.0995. The third-order valence-corrected chi connectivity index (χ3v) is 7.48. The SMILES string of the molecule is CN1CCN(C(=O)CCCCCOc2ccccc2NC(=O)c2ccc(CNC(=O)c3ccccc3O)cc2Cl)CC1. The molecule has 0 saturated carbocycles. The first kappa shape index (κ1) is 30.9. The molecule has 9 nitrogen and oxygen atoms in total. The molecule has 0 spiro atoms. The number of carbonyl (C=O) groups is 3. The van der Waals surface area contributed by atoms with Crippen LogP contribution in [-0.4, -0.2) is 72.5 Å². The highest BCUT2D eigenvalue weighted by molar-refractivity contribution is 6.34. The number of para-hydroxylation sites is 3. The normalized spacial score (nSPS) is 13.4. The van der Waals surface area contributed by atoms with Crippen LogP contribution in [0.4, 0.5) is 5.69 Å². The van der Waals surface area contributed by atoms with Crippen molar-refractivity contribution in [1.82, 2.24) is 15.1 Å². The van der Waals surface area contributed by atoms with Crippen LogP contribution in [0.15, 0.2) is 66.7 Å². The second-order valence-electron chi connectivity index (χ2n) is 10.3. The summed E-state index contributed by atoms with van der Waals surface area (Å²) in [4.78, 5) is 42.0. The van der Waals surface area contributed by atoms with Crippen molar-refractivity contribution < 1.29 is 24.2 Å². The number of likely N-dealkylation sites (N-methyl/N-ethyl adjacent to an activating group) is 1. The number of benzene rings is 3. The monoisotopic (exact) mass is 592 g/mol. The van der Waals surface area contributed by atoms with E-state index in [1.807, 2.05) is 17.0 Å². The molecule has 0 atom stereocenters. The Kier molecular flexibility index (Phi) is 11.2. The molecule has 3 amide bonds. The number of amides is 3. The van der Waals surface area contributed by atoms with Crippen molar-refractivity contribution in [3.8, 4) is 11.5 Å². The molecule has 1 aliphatic rings. The molecule has 42 heavy (non-hydrogen) atoms. The maximum Gasteiger partial charge on any atom is 0.257 e. The number of unbranched alkanes of at least 4 members (excludes halogenated alkanes) is 2. The summed E-state index contributed by atoms with van der Waals surface area (Å²) in [7, 11) is 2.07. The van der Waals surface area contributed by atoms with Gasteiger partial charge in [0.05, 0.1) is 28.4 Å². The van der Waals surface area contributed by atoms with Crippen LogP contribution in [0, 0.1) is 0 Å². The van der Waals surface area contributed by atoms with Crippen molar-refractivity contribution in [3.05, 3.63) is 88.4 Å². The van der Waals surface area contributed by atoms with Crippen LogP contribution in [0.3, 0.4) is 0 Å². The van der Waals surface area contributed by atoms with Crippen molar-refractivity contribution in [2.45, 2.75) is 32.2 Å². The molecule has 1 heterocycles. The van der Waals surface area contributed by atoms with Crippen LogP contribution in [0.5, 0.6) is 11.5 Å². The van der Waals surface area contributed by atoms with Gasteiger partial charge in [0.25, 0.3) is 11.8 Å². The van der Waals surface area contributed by atoms with Crippen LogP contribution in [0.1, 0.15) is 52.0 Å². The molecular formula is C32H37ClN4O5. The topological polar surface area (TPSA) is 111 Å². The molecule has 0 aromatic heterocycles. The standard InChI is InChI=1S/C32H37ClN4O5/c1-36-16-18-37(19-17-36)30(39)13-3-2-8-20-42-29-12-7-5-10-27(29)35-32(41)24-15-14-23(21-26(24)33)22-34-31(40)25-9-4-6-11-28(25)38/h4-7,9-12,14-15,21,38H,2-3,8,13,16-20,22H2,1H3,(H,34,40)(H,35,41). The first-order valence-corrected chi connectivity index (χ1v) is 14.5. The van der Waals surface area contributed by atoms with Gasteiger partial charge in [0.2, 0.25) is 5.91 Å². The number of hydrogen-bond donors (Lipinski definition) is 3. The largest absolute Gasteiger partial charge is 0.507 e. The molecule has 1 aliphatic heterocycles. The zero-order valence-electron chi connectivity index (χ0n) is 23.8. The highest BCUT2D eigenvalue weighted by Gasteiger charge is 2.18. The Morgan fingerprint density at radius 1 is 0.881 bits per heavy atom. The van der Waals surface area contributed by atoms with E-state index in [0.717, 1.165) is 45.4 Å². The highest BCUT2D eigenvalue weighted by atomic mass is 35.5. The lowest BCUT2D eigenvalue weighted by Gasteiger charge is -2.32. The Balaban J connectivity index is 1.23. The third kappa shape index (κ3) is 8.71. The van der Waals surface area contributed by atoms with Crippen LogP contribution in [0.25, 0.3) is 0 Å². The predicted octanol–water partition coefficient (Wildman–Crippen LogP) is 4.94. The first-order valence-electron chi connectivity index (χ1n) is 14.2. The lowest BCUT2D eigenvalue weighted by molar-refractivity contribution is -0.132. The van der Waals surface area contributed by atoms with E-state index in [9.17, 15) is 19.5 Å². The third-order valence-electron chi connectivity index (χ3n) is 7.16. The minimum Gasteiger partial charge on any atom is -0.507 e. The molecule has 0 bridgehead atoms. The van der Waals surface area contributed by atoms with E-state index in [1.165, 1.54) is 12.1 Å². The van der Waals surface area contributed by atoms with Gasteiger partial charge in [0.1, 0.15) is 11.5 Å². The van der Waals surface area contributed by atoms with Crippen LogP contribution in [-0.2, 0) is 11.3 Å². The Hall–Kier alpha value is -4.08. The fourth-order valence-corrected chi connectivity index (χ4v) is 4.92. The second-order valence-corrected chi connectivity index (χ2v) is 10.7. The number of halogens is 1. The summed E-state index contributed by atoms with van der Waals surface area (Å²) in [6, 6.07) is 18.4. The molecule has 222 valence electrons. The van der Waals surface area contributed by atoms with Crippen LogP contribution >= 0.6 is 11.6 Å². The molecule has 4 rings (SSSR count). The molecule has 0 aliphatic carbocycles. The lowest BCUT2D eigenvalue weighted by atomic mass is 10.1. The van der Waals surface area contributed by atoms with E-state index in [2.05, 4.69) is 22.6 Å². The number of hydrogen-bond acceptors (Lipinski definition) is 6. The maximum absolute atomic E-state index is 13.0. The quantitative estimate of drug-likeness (QED) is 0.257. The van der Waals surface area contributed by atoms with Crippen molar-refractivity contribution in [2.24, 2.45) is 0 Å². The van der Waals surface area contributed by atoms with Crippen LogP contribution < -0.4 is 15.4 Å². The maximum atomic E-state index is 13.0. The van der Waals surface area contributed by atoms with E-state index in [1.54, 1.807) is 42.5 Å². The fraction of sp³-hybridized carbons (Fsp3) is 0.344. The number of nitrogens with zero attached hydrogens (tertiary/aromatic N) is 2.